The van der Waals surface area contributed by atoms with Gasteiger partial charge in [-0.25, -0.2) is 8.42 Å². The summed E-state index contributed by atoms with van der Waals surface area (Å²) in [6, 6.07) is 17.3. The van der Waals surface area contributed by atoms with Crippen molar-refractivity contribution >= 4 is 15.7 Å². The van der Waals surface area contributed by atoms with Crippen molar-refractivity contribution in [1.29, 1.82) is 0 Å². The zero-order chi connectivity index (χ0) is 24.0. The number of nitrogens with zero attached hydrogens (tertiary/aromatic N) is 2. The van der Waals surface area contributed by atoms with E-state index in [1.54, 1.807) is 7.11 Å². The van der Waals surface area contributed by atoms with E-state index in [-0.39, 0.29) is 23.5 Å². The zero-order valence-electron chi connectivity index (χ0n) is 19.9. The van der Waals surface area contributed by atoms with Crippen LogP contribution < -0.4 is 10.1 Å². The smallest absolute Gasteiger partial charge is 0.242 e. The molecule has 0 saturated carbocycles. The Hall–Kier alpha value is -2.42. The standard InChI is InChI=1S/C26H35N3O4S/c1-33-23-12-10-21(11-13-23)24(28-14-6-3-7-15-28)20-27-26(30)25(22-8-4-2-5-9-22)29-16-18-34(31,32)19-17-29/h2,4-5,8-13,24-25H,3,6-7,14-20H2,1H3,(H,27,30). The zero-order valence-corrected chi connectivity index (χ0v) is 20.7. The van der Waals surface area contributed by atoms with Crippen molar-refractivity contribution in [1.82, 2.24) is 15.1 Å². The van der Waals surface area contributed by atoms with Gasteiger partial charge in [-0.05, 0) is 49.2 Å². The number of likely N-dealkylation sites (tertiary alicyclic amines) is 1. The van der Waals surface area contributed by atoms with E-state index < -0.39 is 15.9 Å². The van der Waals surface area contributed by atoms with E-state index in [9.17, 15) is 13.2 Å². The molecule has 2 atom stereocenters. The molecule has 8 heteroatoms. The Balaban J connectivity index is 1.52. The summed E-state index contributed by atoms with van der Waals surface area (Å²) < 4.78 is 29.3. The first-order chi connectivity index (χ1) is 16.5. The maximum absolute atomic E-state index is 13.6. The lowest BCUT2D eigenvalue weighted by Gasteiger charge is -2.37. The van der Waals surface area contributed by atoms with Gasteiger partial charge in [0.2, 0.25) is 5.91 Å². The molecule has 2 aliphatic rings. The van der Waals surface area contributed by atoms with Crippen LogP contribution in [0, 0.1) is 0 Å². The summed E-state index contributed by atoms with van der Waals surface area (Å²) in [5.74, 6) is 0.910. The second-order valence-electron chi connectivity index (χ2n) is 9.13. The Morgan fingerprint density at radius 3 is 2.15 bits per heavy atom. The minimum atomic E-state index is -3.03. The second-order valence-corrected chi connectivity index (χ2v) is 11.4. The predicted octanol–water partition coefficient (Wildman–Crippen LogP) is 2.81. The highest BCUT2D eigenvalue weighted by Crippen LogP contribution is 2.27. The van der Waals surface area contributed by atoms with Gasteiger partial charge in [0, 0.05) is 19.6 Å². The van der Waals surface area contributed by atoms with Crippen molar-refractivity contribution in [2.75, 3.05) is 51.3 Å². The molecular weight excluding hydrogens is 450 g/mol. The van der Waals surface area contributed by atoms with Crippen molar-refractivity contribution in [3.8, 4) is 5.75 Å². The third-order valence-electron chi connectivity index (χ3n) is 6.91. The average molecular weight is 486 g/mol. The van der Waals surface area contributed by atoms with E-state index in [0.29, 0.717) is 19.6 Å². The number of piperidine rings is 1. The topological polar surface area (TPSA) is 79.0 Å². The highest BCUT2D eigenvalue weighted by molar-refractivity contribution is 7.91. The van der Waals surface area contributed by atoms with Gasteiger partial charge in [0.15, 0.2) is 9.84 Å². The summed E-state index contributed by atoms with van der Waals surface area (Å²) in [5, 5.41) is 3.22. The number of hydrogen-bond donors (Lipinski definition) is 1. The van der Waals surface area contributed by atoms with Crippen LogP contribution in [0.1, 0.15) is 42.5 Å². The molecule has 2 aromatic carbocycles. The first kappa shape index (κ1) is 24.7. The Morgan fingerprint density at radius 1 is 0.882 bits per heavy atom. The molecule has 2 saturated heterocycles. The van der Waals surface area contributed by atoms with Crippen molar-refractivity contribution in [3.05, 3.63) is 65.7 Å². The first-order valence-corrected chi connectivity index (χ1v) is 13.9. The summed E-state index contributed by atoms with van der Waals surface area (Å²) in [7, 11) is -1.37. The fraction of sp³-hybridized carbons (Fsp3) is 0.500. The molecule has 1 N–H and O–H groups in total. The molecule has 0 aliphatic carbocycles. The number of methoxy groups -OCH3 is 1. The molecule has 2 aromatic rings. The normalized spacial score (nSPS) is 20.9. The molecule has 0 bridgehead atoms. The third kappa shape index (κ3) is 6.17. The van der Waals surface area contributed by atoms with Gasteiger partial charge in [0.05, 0.1) is 24.7 Å². The summed E-state index contributed by atoms with van der Waals surface area (Å²) in [6.07, 6.45) is 3.57. The Labute approximate surface area is 203 Å². The van der Waals surface area contributed by atoms with Crippen LogP contribution >= 0.6 is 0 Å². The minimum Gasteiger partial charge on any atom is -0.497 e. The number of sulfone groups is 1. The molecule has 7 nitrogen and oxygen atoms in total. The highest BCUT2D eigenvalue weighted by atomic mass is 32.2. The molecule has 2 unspecified atom stereocenters. The SMILES string of the molecule is COc1ccc(C(CNC(=O)C(c2ccccc2)N2CCS(=O)(=O)CC2)N2CCCCC2)cc1. The third-order valence-corrected chi connectivity index (χ3v) is 8.52. The molecule has 0 aromatic heterocycles. The lowest BCUT2D eigenvalue weighted by atomic mass is 10.0. The van der Waals surface area contributed by atoms with Crippen LogP contribution in [-0.4, -0.2) is 75.5 Å². The van der Waals surface area contributed by atoms with E-state index in [1.165, 1.54) is 6.42 Å². The van der Waals surface area contributed by atoms with Crippen LogP contribution in [0.5, 0.6) is 5.75 Å². The molecule has 0 spiro atoms. The number of ether oxygens (including phenoxy) is 1. The molecule has 2 aliphatic heterocycles. The van der Waals surface area contributed by atoms with Gasteiger partial charge in [-0.3, -0.25) is 14.6 Å². The summed E-state index contributed by atoms with van der Waals surface area (Å²) >= 11 is 0. The fourth-order valence-electron chi connectivity index (χ4n) is 4.96. The molecule has 184 valence electrons. The fourth-order valence-corrected chi connectivity index (χ4v) is 6.19. The van der Waals surface area contributed by atoms with Crippen LogP contribution in [0.2, 0.25) is 0 Å². The quantitative estimate of drug-likeness (QED) is 0.620. The Kier molecular flexibility index (Phi) is 8.24. The van der Waals surface area contributed by atoms with Gasteiger partial charge < -0.3 is 10.1 Å². The van der Waals surface area contributed by atoms with E-state index in [0.717, 1.165) is 42.8 Å². The maximum Gasteiger partial charge on any atom is 0.242 e. The number of amides is 1. The van der Waals surface area contributed by atoms with Gasteiger partial charge >= 0.3 is 0 Å². The number of nitrogens with one attached hydrogen (secondary N) is 1. The molecule has 2 fully saturated rings. The number of carbonyl (C=O) groups excluding carboxylic acids is 1. The van der Waals surface area contributed by atoms with Gasteiger partial charge in [-0.15, -0.1) is 0 Å². The lowest BCUT2D eigenvalue weighted by molar-refractivity contribution is -0.127. The predicted molar refractivity (Wildman–Crippen MR) is 134 cm³/mol. The van der Waals surface area contributed by atoms with Gasteiger partial charge in [-0.2, -0.15) is 0 Å². The number of carbonyl (C=O) groups is 1. The highest BCUT2D eigenvalue weighted by Gasteiger charge is 2.33. The van der Waals surface area contributed by atoms with Gasteiger partial charge in [0.25, 0.3) is 0 Å². The van der Waals surface area contributed by atoms with Gasteiger partial charge in [0.1, 0.15) is 11.8 Å². The minimum absolute atomic E-state index is 0.0771. The van der Waals surface area contributed by atoms with E-state index in [2.05, 4.69) is 22.3 Å². The maximum atomic E-state index is 13.6. The summed E-state index contributed by atoms with van der Waals surface area (Å²) in [5.41, 5.74) is 2.04. The molecule has 4 rings (SSSR count). The summed E-state index contributed by atoms with van der Waals surface area (Å²) in [4.78, 5) is 18.0. The molecule has 0 radical (unpaired) electrons. The molecule has 34 heavy (non-hydrogen) atoms. The summed E-state index contributed by atoms with van der Waals surface area (Å²) in [6.45, 7) is 3.25. The number of benzene rings is 2. The van der Waals surface area contributed by atoms with Crippen molar-refractivity contribution < 1.29 is 17.9 Å². The van der Waals surface area contributed by atoms with Crippen LogP contribution in [0.4, 0.5) is 0 Å². The van der Waals surface area contributed by atoms with Crippen LogP contribution in [0.3, 0.4) is 0 Å². The van der Waals surface area contributed by atoms with Crippen molar-refractivity contribution in [2.24, 2.45) is 0 Å². The lowest BCUT2D eigenvalue weighted by Crippen LogP contribution is -2.49. The molecular formula is C26H35N3O4S. The first-order valence-electron chi connectivity index (χ1n) is 12.1. The van der Waals surface area contributed by atoms with Gasteiger partial charge in [-0.1, -0.05) is 48.9 Å². The van der Waals surface area contributed by atoms with Crippen molar-refractivity contribution in [3.63, 3.8) is 0 Å². The second kappa shape index (κ2) is 11.3. The van der Waals surface area contributed by atoms with Crippen LogP contribution in [0.25, 0.3) is 0 Å². The monoisotopic (exact) mass is 485 g/mol. The van der Waals surface area contributed by atoms with Crippen LogP contribution in [-0.2, 0) is 14.6 Å². The Bertz CT molecular complexity index is 1020. The van der Waals surface area contributed by atoms with Crippen molar-refractivity contribution in [2.45, 2.75) is 31.3 Å². The molecule has 2 heterocycles. The number of hydrogen-bond acceptors (Lipinski definition) is 6. The van der Waals surface area contributed by atoms with E-state index in [4.69, 9.17) is 4.74 Å². The number of rotatable bonds is 8. The van der Waals surface area contributed by atoms with E-state index >= 15 is 0 Å². The largest absolute Gasteiger partial charge is 0.497 e. The van der Waals surface area contributed by atoms with Crippen LogP contribution in [0.15, 0.2) is 54.6 Å². The molecule has 1 amide bonds. The van der Waals surface area contributed by atoms with E-state index in [1.807, 2.05) is 47.4 Å². The Morgan fingerprint density at radius 2 is 1.53 bits per heavy atom. The average Bonchev–Trinajstić information content (AvgIpc) is 2.87.